The van der Waals surface area contributed by atoms with Crippen LogP contribution in [0.25, 0.3) is 0 Å². The third kappa shape index (κ3) is 1.64. The highest BCUT2D eigenvalue weighted by Crippen LogP contribution is 2.32. The summed E-state index contributed by atoms with van der Waals surface area (Å²) in [6.45, 7) is 7.76. The molecule has 2 N–H and O–H groups in total. The fourth-order valence-corrected chi connectivity index (χ4v) is 2.57. The highest BCUT2D eigenvalue weighted by atomic mass is 15.2. The van der Waals surface area contributed by atoms with E-state index in [-0.39, 0.29) is 0 Å². The maximum absolute atomic E-state index is 5.88. The molecule has 0 saturated carbocycles. The zero-order chi connectivity index (χ0) is 9.03. The zero-order valence-electron chi connectivity index (χ0n) is 8.47. The molecule has 12 heavy (non-hydrogen) atoms. The Labute approximate surface area is 76.1 Å². The van der Waals surface area contributed by atoms with Gasteiger partial charge in [0.25, 0.3) is 0 Å². The van der Waals surface area contributed by atoms with Gasteiger partial charge in [-0.1, -0.05) is 20.3 Å². The Morgan fingerprint density at radius 2 is 2.17 bits per heavy atom. The van der Waals surface area contributed by atoms with Gasteiger partial charge in [0.05, 0.1) is 0 Å². The molecule has 0 amide bonds. The van der Waals surface area contributed by atoms with E-state index in [1.54, 1.807) is 0 Å². The molecular formula is C10H22N2. The van der Waals surface area contributed by atoms with E-state index in [1.807, 2.05) is 0 Å². The van der Waals surface area contributed by atoms with E-state index in [9.17, 15) is 0 Å². The summed E-state index contributed by atoms with van der Waals surface area (Å²) in [6.07, 6.45) is 5.18. The fourth-order valence-electron chi connectivity index (χ4n) is 2.57. The van der Waals surface area contributed by atoms with Crippen molar-refractivity contribution in [3.8, 4) is 0 Å². The van der Waals surface area contributed by atoms with Crippen molar-refractivity contribution in [2.24, 2.45) is 5.73 Å². The molecule has 1 atom stereocenters. The number of likely N-dealkylation sites (N-methyl/N-ethyl adjacent to an activating group) is 1. The van der Waals surface area contributed by atoms with Crippen molar-refractivity contribution in [3.63, 3.8) is 0 Å². The Bertz CT molecular complexity index is 136. The van der Waals surface area contributed by atoms with E-state index in [0.717, 1.165) is 13.1 Å². The fraction of sp³-hybridized carbons (Fsp3) is 1.00. The van der Waals surface area contributed by atoms with Crippen LogP contribution < -0.4 is 5.73 Å². The van der Waals surface area contributed by atoms with Gasteiger partial charge in [-0.15, -0.1) is 0 Å². The van der Waals surface area contributed by atoms with Gasteiger partial charge in [-0.05, 0) is 32.4 Å². The van der Waals surface area contributed by atoms with Crippen molar-refractivity contribution in [1.29, 1.82) is 0 Å². The molecule has 1 aliphatic rings. The first-order valence-corrected chi connectivity index (χ1v) is 5.24. The molecule has 0 spiro atoms. The molecule has 0 aliphatic carbocycles. The van der Waals surface area contributed by atoms with Crippen molar-refractivity contribution in [3.05, 3.63) is 0 Å². The predicted octanol–water partition coefficient (Wildman–Crippen LogP) is 1.60. The maximum Gasteiger partial charge on any atom is 0.0332 e. The summed E-state index contributed by atoms with van der Waals surface area (Å²) in [5, 5.41) is 0. The van der Waals surface area contributed by atoms with Crippen molar-refractivity contribution in [1.82, 2.24) is 4.90 Å². The standard InChI is InChI=1S/C10H22N2/c1-3-6-10(9-11)7-5-8-12(10)4-2/h3-9,11H2,1-2H3. The number of hydrogen-bond acceptors (Lipinski definition) is 2. The molecule has 1 saturated heterocycles. The Morgan fingerprint density at radius 1 is 1.42 bits per heavy atom. The lowest BCUT2D eigenvalue weighted by Crippen LogP contribution is -2.49. The first-order valence-electron chi connectivity index (χ1n) is 5.24. The van der Waals surface area contributed by atoms with Crippen LogP contribution in [0.5, 0.6) is 0 Å². The molecule has 2 nitrogen and oxygen atoms in total. The Morgan fingerprint density at radius 3 is 2.67 bits per heavy atom. The molecule has 0 aromatic heterocycles. The smallest absolute Gasteiger partial charge is 0.0332 e. The van der Waals surface area contributed by atoms with Gasteiger partial charge >= 0.3 is 0 Å². The largest absolute Gasteiger partial charge is 0.329 e. The molecule has 0 aromatic rings. The first kappa shape index (κ1) is 10.0. The normalized spacial score (nSPS) is 31.2. The lowest BCUT2D eigenvalue weighted by Gasteiger charge is -2.37. The molecule has 1 heterocycles. The van der Waals surface area contributed by atoms with Gasteiger partial charge < -0.3 is 5.73 Å². The molecule has 1 aliphatic heterocycles. The molecule has 2 heteroatoms. The molecule has 1 rings (SSSR count). The summed E-state index contributed by atoms with van der Waals surface area (Å²) in [4.78, 5) is 2.57. The Hall–Kier alpha value is -0.0800. The topological polar surface area (TPSA) is 29.3 Å². The highest BCUT2D eigenvalue weighted by Gasteiger charge is 2.37. The van der Waals surface area contributed by atoms with Crippen LogP contribution >= 0.6 is 0 Å². The van der Waals surface area contributed by atoms with Crippen molar-refractivity contribution in [2.75, 3.05) is 19.6 Å². The Balaban J connectivity index is 2.61. The van der Waals surface area contributed by atoms with Crippen LogP contribution in [0.4, 0.5) is 0 Å². The van der Waals surface area contributed by atoms with Gasteiger partial charge in [0.2, 0.25) is 0 Å². The van der Waals surface area contributed by atoms with E-state index in [0.29, 0.717) is 5.54 Å². The van der Waals surface area contributed by atoms with Crippen LogP contribution in [0, 0.1) is 0 Å². The number of likely N-dealkylation sites (tertiary alicyclic amines) is 1. The average molecular weight is 170 g/mol. The van der Waals surface area contributed by atoms with Gasteiger partial charge in [0, 0.05) is 12.1 Å². The number of nitrogens with two attached hydrogens (primary N) is 1. The van der Waals surface area contributed by atoms with Crippen LogP contribution in [0.15, 0.2) is 0 Å². The minimum Gasteiger partial charge on any atom is -0.329 e. The number of nitrogens with zero attached hydrogens (tertiary/aromatic N) is 1. The van der Waals surface area contributed by atoms with Crippen molar-refractivity contribution >= 4 is 0 Å². The molecule has 1 unspecified atom stereocenters. The molecule has 0 bridgehead atoms. The monoisotopic (exact) mass is 170 g/mol. The van der Waals surface area contributed by atoms with Crippen molar-refractivity contribution in [2.45, 2.75) is 45.1 Å². The SMILES string of the molecule is CCCC1(CN)CCCN1CC. The van der Waals surface area contributed by atoms with E-state index in [2.05, 4.69) is 18.7 Å². The second kappa shape index (κ2) is 4.24. The summed E-state index contributed by atoms with van der Waals surface area (Å²) in [5.41, 5.74) is 6.24. The summed E-state index contributed by atoms with van der Waals surface area (Å²) >= 11 is 0. The van der Waals surface area contributed by atoms with E-state index in [4.69, 9.17) is 5.73 Å². The van der Waals surface area contributed by atoms with E-state index in [1.165, 1.54) is 32.2 Å². The first-order chi connectivity index (χ1) is 5.79. The van der Waals surface area contributed by atoms with Crippen LogP contribution in [-0.2, 0) is 0 Å². The lowest BCUT2D eigenvalue weighted by molar-refractivity contribution is 0.140. The third-order valence-electron chi connectivity index (χ3n) is 3.22. The zero-order valence-corrected chi connectivity index (χ0v) is 8.47. The van der Waals surface area contributed by atoms with Gasteiger partial charge in [-0.2, -0.15) is 0 Å². The summed E-state index contributed by atoms with van der Waals surface area (Å²) < 4.78 is 0. The predicted molar refractivity (Wildman–Crippen MR) is 53.2 cm³/mol. The quantitative estimate of drug-likeness (QED) is 0.694. The maximum atomic E-state index is 5.88. The molecule has 0 radical (unpaired) electrons. The second-order valence-electron chi connectivity index (χ2n) is 3.86. The second-order valence-corrected chi connectivity index (χ2v) is 3.86. The molecular weight excluding hydrogens is 148 g/mol. The van der Waals surface area contributed by atoms with Crippen LogP contribution in [0.1, 0.15) is 39.5 Å². The van der Waals surface area contributed by atoms with Gasteiger partial charge in [0.1, 0.15) is 0 Å². The average Bonchev–Trinajstić information content (AvgIpc) is 2.49. The van der Waals surface area contributed by atoms with Gasteiger partial charge in [-0.3, -0.25) is 4.90 Å². The minimum atomic E-state index is 0.365. The summed E-state index contributed by atoms with van der Waals surface area (Å²) in [5.74, 6) is 0. The van der Waals surface area contributed by atoms with Crippen LogP contribution in [0.3, 0.4) is 0 Å². The van der Waals surface area contributed by atoms with Crippen LogP contribution in [0.2, 0.25) is 0 Å². The Kier molecular flexibility index (Phi) is 3.53. The number of hydrogen-bond donors (Lipinski definition) is 1. The molecule has 72 valence electrons. The highest BCUT2D eigenvalue weighted by molar-refractivity contribution is 4.95. The summed E-state index contributed by atoms with van der Waals surface area (Å²) in [7, 11) is 0. The van der Waals surface area contributed by atoms with Crippen LogP contribution in [-0.4, -0.2) is 30.1 Å². The molecule has 1 fully saturated rings. The van der Waals surface area contributed by atoms with Gasteiger partial charge in [-0.25, -0.2) is 0 Å². The summed E-state index contributed by atoms with van der Waals surface area (Å²) in [6, 6.07) is 0. The number of rotatable bonds is 4. The van der Waals surface area contributed by atoms with E-state index >= 15 is 0 Å². The van der Waals surface area contributed by atoms with Gasteiger partial charge in [0.15, 0.2) is 0 Å². The van der Waals surface area contributed by atoms with E-state index < -0.39 is 0 Å². The lowest BCUT2D eigenvalue weighted by atomic mass is 9.91. The van der Waals surface area contributed by atoms with Crippen molar-refractivity contribution < 1.29 is 0 Å². The third-order valence-corrected chi connectivity index (χ3v) is 3.22. The molecule has 0 aromatic carbocycles. The minimum absolute atomic E-state index is 0.365.